The SMILES string of the molecule is CCC(CCNC(=NC)N1CCN(c2cc(F)ccc2F)CC1)N1CCCC1=O. The first-order valence-corrected chi connectivity index (χ1v) is 10.5. The van der Waals surface area contributed by atoms with Crippen molar-refractivity contribution in [2.24, 2.45) is 4.99 Å². The maximum atomic E-state index is 14.0. The second-order valence-electron chi connectivity index (χ2n) is 7.59. The van der Waals surface area contributed by atoms with Crippen LogP contribution in [0.4, 0.5) is 14.5 Å². The molecule has 0 radical (unpaired) electrons. The Kier molecular flexibility index (Phi) is 7.28. The molecule has 2 heterocycles. The number of hydrogen-bond acceptors (Lipinski definition) is 3. The molecule has 1 unspecified atom stereocenters. The van der Waals surface area contributed by atoms with Crippen LogP contribution in [0.2, 0.25) is 0 Å². The van der Waals surface area contributed by atoms with Crippen molar-refractivity contribution < 1.29 is 13.6 Å². The third kappa shape index (κ3) is 5.16. The van der Waals surface area contributed by atoms with Gasteiger partial charge in [0.05, 0.1) is 5.69 Å². The lowest BCUT2D eigenvalue weighted by molar-refractivity contribution is -0.129. The van der Waals surface area contributed by atoms with E-state index in [9.17, 15) is 13.6 Å². The molecule has 2 fully saturated rings. The van der Waals surface area contributed by atoms with Gasteiger partial charge in [-0.25, -0.2) is 8.78 Å². The second kappa shape index (κ2) is 9.89. The van der Waals surface area contributed by atoms with Crippen LogP contribution in [0.1, 0.15) is 32.6 Å². The Morgan fingerprint density at radius 3 is 2.59 bits per heavy atom. The van der Waals surface area contributed by atoms with Crippen molar-refractivity contribution in [3.8, 4) is 0 Å². The molecular formula is C21H31F2N5O. The van der Waals surface area contributed by atoms with Gasteiger partial charge in [0, 0.05) is 64.8 Å². The van der Waals surface area contributed by atoms with E-state index in [-0.39, 0.29) is 11.9 Å². The summed E-state index contributed by atoms with van der Waals surface area (Å²) in [5.74, 6) is 0.251. The average molecular weight is 408 g/mol. The van der Waals surface area contributed by atoms with Gasteiger partial charge in [0.1, 0.15) is 11.6 Å². The molecule has 160 valence electrons. The van der Waals surface area contributed by atoms with E-state index in [4.69, 9.17) is 0 Å². The standard InChI is InChI=1S/C21H31F2N5O/c1-3-17(28-10-4-5-20(28)29)8-9-25-21(24-2)27-13-11-26(12-14-27)19-15-16(22)6-7-18(19)23/h6-7,15,17H,3-5,8-14H2,1-2H3,(H,24,25). The van der Waals surface area contributed by atoms with Gasteiger partial charge in [0.25, 0.3) is 0 Å². The Balaban J connectivity index is 1.49. The maximum absolute atomic E-state index is 14.0. The number of aliphatic imine (C=N–C) groups is 1. The van der Waals surface area contributed by atoms with Crippen LogP contribution in [0.5, 0.6) is 0 Å². The molecule has 2 saturated heterocycles. The van der Waals surface area contributed by atoms with E-state index in [1.165, 1.54) is 12.1 Å². The topological polar surface area (TPSA) is 51.2 Å². The number of rotatable bonds is 6. The van der Waals surface area contributed by atoms with Crippen molar-refractivity contribution in [1.29, 1.82) is 0 Å². The summed E-state index contributed by atoms with van der Waals surface area (Å²) in [7, 11) is 1.75. The third-order valence-corrected chi connectivity index (χ3v) is 5.82. The third-order valence-electron chi connectivity index (χ3n) is 5.82. The van der Waals surface area contributed by atoms with Crippen LogP contribution < -0.4 is 10.2 Å². The van der Waals surface area contributed by atoms with Crippen LogP contribution in [0, 0.1) is 11.6 Å². The number of carbonyl (C=O) groups is 1. The number of hydrogen-bond donors (Lipinski definition) is 1. The molecule has 1 aromatic rings. The highest BCUT2D eigenvalue weighted by Crippen LogP contribution is 2.22. The fraction of sp³-hybridized carbons (Fsp3) is 0.619. The number of likely N-dealkylation sites (tertiary alicyclic amines) is 1. The summed E-state index contributed by atoms with van der Waals surface area (Å²) in [6.07, 6.45) is 3.46. The molecule has 1 N–H and O–H groups in total. The van der Waals surface area contributed by atoms with Gasteiger partial charge < -0.3 is 20.0 Å². The molecule has 0 saturated carbocycles. The maximum Gasteiger partial charge on any atom is 0.222 e. The summed E-state index contributed by atoms with van der Waals surface area (Å²) in [5, 5.41) is 3.40. The molecule has 1 amide bonds. The number of nitrogens with zero attached hydrogens (tertiary/aromatic N) is 4. The number of benzene rings is 1. The highest BCUT2D eigenvalue weighted by Gasteiger charge is 2.27. The molecule has 29 heavy (non-hydrogen) atoms. The zero-order chi connectivity index (χ0) is 20.8. The average Bonchev–Trinajstić information content (AvgIpc) is 3.16. The molecule has 6 nitrogen and oxygen atoms in total. The molecule has 1 atom stereocenters. The summed E-state index contributed by atoms with van der Waals surface area (Å²) < 4.78 is 27.5. The number of anilines is 1. The van der Waals surface area contributed by atoms with Crippen molar-refractivity contribution in [3.63, 3.8) is 0 Å². The number of halogens is 2. The summed E-state index contributed by atoms with van der Waals surface area (Å²) in [5.41, 5.74) is 0.314. The highest BCUT2D eigenvalue weighted by atomic mass is 19.1. The van der Waals surface area contributed by atoms with E-state index in [0.717, 1.165) is 44.4 Å². The Morgan fingerprint density at radius 2 is 1.97 bits per heavy atom. The van der Waals surface area contributed by atoms with Crippen molar-refractivity contribution in [2.75, 3.05) is 51.2 Å². The highest BCUT2D eigenvalue weighted by molar-refractivity contribution is 5.80. The van der Waals surface area contributed by atoms with E-state index in [2.05, 4.69) is 22.1 Å². The van der Waals surface area contributed by atoms with E-state index in [1.807, 2.05) is 9.80 Å². The van der Waals surface area contributed by atoms with Gasteiger partial charge in [-0.2, -0.15) is 0 Å². The first kappa shape index (κ1) is 21.3. The van der Waals surface area contributed by atoms with Gasteiger partial charge in [0.15, 0.2) is 5.96 Å². The van der Waals surface area contributed by atoms with Gasteiger partial charge in [-0.05, 0) is 31.4 Å². The van der Waals surface area contributed by atoms with Crippen LogP contribution in [0.15, 0.2) is 23.2 Å². The fourth-order valence-corrected chi connectivity index (χ4v) is 4.21. The zero-order valence-corrected chi connectivity index (χ0v) is 17.3. The van der Waals surface area contributed by atoms with Crippen molar-refractivity contribution in [2.45, 2.75) is 38.6 Å². The Labute approximate surface area is 171 Å². The lowest BCUT2D eigenvalue weighted by Crippen LogP contribution is -2.53. The van der Waals surface area contributed by atoms with E-state index < -0.39 is 11.6 Å². The Bertz CT molecular complexity index is 734. The predicted octanol–water partition coefficient (Wildman–Crippen LogP) is 2.45. The molecule has 2 aliphatic heterocycles. The summed E-state index contributed by atoms with van der Waals surface area (Å²) >= 11 is 0. The summed E-state index contributed by atoms with van der Waals surface area (Å²) in [4.78, 5) is 22.4. The predicted molar refractivity (Wildman–Crippen MR) is 111 cm³/mol. The van der Waals surface area contributed by atoms with E-state index >= 15 is 0 Å². The zero-order valence-electron chi connectivity index (χ0n) is 17.3. The molecule has 8 heteroatoms. The van der Waals surface area contributed by atoms with Crippen LogP contribution in [0.3, 0.4) is 0 Å². The van der Waals surface area contributed by atoms with Crippen LogP contribution in [-0.2, 0) is 4.79 Å². The monoisotopic (exact) mass is 407 g/mol. The molecular weight excluding hydrogens is 376 g/mol. The number of amides is 1. The van der Waals surface area contributed by atoms with Gasteiger partial charge in [-0.1, -0.05) is 6.92 Å². The van der Waals surface area contributed by atoms with Gasteiger partial charge in [-0.3, -0.25) is 9.79 Å². The number of nitrogens with one attached hydrogen (secondary N) is 1. The smallest absolute Gasteiger partial charge is 0.222 e. The fourth-order valence-electron chi connectivity index (χ4n) is 4.21. The lowest BCUT2D eigenvalue weighted by atomic mass is 10.1. The van der Waals surface area contributed by atoms with Crippen molar-refractivity contribution in [1.82, 2.24) is 15.1 Å². The largest absolute Gasteiger partial charge is 0.366 e. The van der Waals surface area contributed by atoms with Crippen molar-refractivity contribution in [3.05, 3.63) is 29.8 Å². The Hall–Kier alpha value is -2.38. The summed E-state index contributed by atoms with van der Waals surface area (Å²) in [6, 6.07) is 3.83. The molecule has 0 spiro atoms. The number of guanidine groups is 1. The molecule has 0 aromatic heterocycles. The number of carbonyl (C=O) groups excluding carboxylic acids is 1. The molecule has 0 bridgehead atoms. The first-order chi connectivity index (χ1) is 14.0. The molecule has 1 aromatic carbocycles. The lowest BCUT2D eigenvalue weighted by Gasteiger charge is -2.38. The van der Waals surface area contributed by atoms with Gasteiger partial charge in [0.2, 0.25) is 5.91 Å². The second-order valence-corrected chi connectivity index (χ2v) is 7.59. The van der Waals surface area contributed by atoms with Crippen LogP contribution >= 0.6 is 0 Å². The van der Waals surface area contributed by atoms with Crippen LogP contribution in [-0.4, -0.2) is 74.0 Å². The minimum atomic E-state index is -0.428. The Morgan fingerprint density at radius 1 is 1.21 bits per heavy atom. The van der Waals surface area contributed by atoms with E-state index in [1.54, 1.807) is 7.05 Å². The first-order valence-electron chi connectivity index (χ1n) is 10.5. The van der Waals surface area contributed by atoms with Crippen LogP contribution in [0.25, 0.3) is 0 Å². The quantitative estimate of drug-likeness (QED) is 0.581. The molecule has 3 rings (SSSR count). The van der Waals surface area contributed by atoms with Crippen molar-refractivity contribution >= 4 is 17.6 Å². The normalized spacial score (nSPS) is 19.1. The minimum Gasteiger partial charge on any atom is -0.366 e. The summed E-state index contributed by atoms with van der Waals surface area (Å²) in [6.45, 7) is 6.28. The van der Waals surface area contributed by atoms with Gasteiger partial charge >= 0.3 is 0 Å². The van der Waals surface area contributed by atoms with Gasteiger partial charge in [-0.15, -0.1) is 0 Å². The minimum absolute atomic E-state index is 0.266. The molecule has 0 aliphatic carbocycles. The van der Waals surface area contributed by atoms with E-state index in [0.29, 0.717) is 38.3 Å². The molecule has 2 aliphatic rings. The number of piperazine rings is 1.